The molecular formula is C35H37N5O3. The van der Waals surface area contributed by atoms with Crippen molar-refractivity contribution in [3.05, 3.63) is 101 Å². The molecule has 1 N–H and O–H groups in total. The van der Waals surface area contributed by atoms with E-state index in [4.69, 9.17) is 14.7 Å². The van der Waals surface area contributed by atoms with Crippen LogP contribution in [0.15, 0.2) is 72.9 Å². The maximum absolute atomic E-state index is 13.4. The highest BCUT2D eigenvalue weighted by molar-refractivity contribution is 5.98. The van der Waals surface area contributed by atoms with Crippen molar-refractivity contribution in [1.82, 2.24) is 24.3 Å². The summed E-state index contributed by atoms with van der Waals surface area (Å²) in [5.41, 5.74) is 7.39. The number of rotatable bonds is 8. The van der Waals surface area contributed by atoms with Gasteiger partial charge in [-0.25, -0.2) is 4.98 Å². The molecule has 1 saturated heterocycles. The third-order valence-corrected chi connectivity index (χ3v) is 8.35. The Kier molecular flexibility index (Phi) is 7.97. The second-order valence-electron chi connectivity index (χ2n) is 11.6. The van der Waals surface area contributed by atoms with E-state index in [1.807, 2.05) is 61.1 Å². The van der Waals surface area contributed by atoms with Crippen LogP contribution in [0, 0.1) is 13.8 Å². The first kappa shape index (κ1) is 28.6. The van der Waals surface area contributed by atoms with Crippen molar-refractivity contribution < 1.29 is 14.6 Å². The Balaban J connectivity index is 1.22. The number of aromatic hydroxyl groups is 1. The lowest BCUT2D eigenvalue weighted by Gasteiger charge is -2.32. The number of aryl methyl sites for hydroxylation is 3. The zero-order valence-corrected chi connectivity index (χ0v) is 25.2. The summed E-state index contributed by atoms with van der Waals surface area (Å²) in [4.78, 5) is 27.7. The summed E-state index contributed by atoms with van der Waals surface area (Å²) in [6.07, 6.45) is 2.20. The van der Waals surface area contributed by atoms with Gasteiger partial charge in [-0.3, -0.25) is 9.69 Å². The van der Waals surface area contributed by atoms with Crippen LogP contribution in [0.3, 0.4) is 0 Å². The minimum absolute atomic E-state index is 0.0796. The number of nitrogens with zero attached hydrogens (tertiary/aromatic N) is 5. The fourth-order valence-corrected chi connectivity index (χ4v) is 5.55. The summed E-state index contributed by atoms with van der Waals surface area (Å²) in [5.74, 6) is 1.79. The van der Waals surface area contributed by atoms with Gasteiger partial charge in [-0.05, 0) is 91.7 Å². The van der Waals surface area contributed by atoms with Gasteiger partial charge in [0.25, 0.3) is 0 Å². The van der Waals surface area contributed by atoms with Gasteiger partial charge in [0.15, 0.2) is 11.6 Å². The molecule has 6 rings (SSSR count). The average Bonchev–Trinajstić information content (AvgIpc) is 3.38. The van der Waals surface area contributed by atoms with Gasteiger partial charge in [0.05, 0.1) is 5.52 Å². The van der Waals surface area contributed by atoms with Gasteiger partial charge in [-0.1, -0.05) is 18.2 Å². The van der Waals surface area contributed by atoms with Crippen LogP contribution < -0.4 is 4.74 Å². The molecule has 0 unspecified atom stereocenters. The molecule has 8 heteroatoms. The number of piperazine rings is 1. The van der Waals surface area contributed by atoms with E-state index in [0.29, 0.717) is 17.5 Å². The summed E-state index contributed by atoms with van der Waals surface area (Å²) in [7, 11) is 4.09. The number of likely N-dealkylation sites (N-methyl/N-ethyl adjacent to an activating group) is 1. The first-order chi connectivity index (χ1) is 20.7. The SMILES string of the molecule is Cc1ccc(Oc2nc(-c3ccc(O)cc3)nc3ccn(C)c23)cc1CC(=O)c1ccc(CN2CCN(C)CC2)c(C)c1. The molecule has 0 aliphatic carbocycles. The number of aromatic nitrogens is 3. The largest absolute Gasteiger partial charge is 0.508 e. The first-order valence-electron chi connectivity index (χ1n) is 14.7. The Morgan fingerprint density at radius 3 is 2.37 bits per heavy atom. The molecule has 220 valence electrons. The van der Waals surface area contributed by atoms with Gasteiger partial charge in [0, 0.05) is 63.5 Å². The number of ether oxygens (including phenoxy) is 1. The summed E-state index contributed by atoms with van der Waals surface area (Å²) < 4.78 is 8.30. The fourth-order valence-electron chi connectivity index (χ4n) is 5.55. The number of fused-ring (bicyclic) bond motifs is 1. The third kappa shape index (κ3) is 6.30. The lowest BCUT2D eigenvalue weighted by atomic mass is 9.96. The Labute approximate surface area is 252 Å². The molecule has 3 heterocycles. The molecule has 1 fully saturated rings. The van der Waals surface area contributed by atoms with Gasteiger partial charge in [-0.2, -0.15) is 4.98 Å². The maximum atomic E-state index is 13.4. The Morgan fingerprint density at radius 1 is 0.860 bits per heavy atom. The number of benzene rings is 3. The van der Waals surface area contributed by atoms with E-state index in [0.717, 1.165) is 71.6 Å². The smallest absolute Gasteiger partial charge is 0.247 e. The molecule has 0 bridgehead atoms. The van der Waals surface area contributed by atoms with Crippen LogP contribution in [-0.2, 0) is 20.0 Å². The minimum atomic E-state index is 0.0796. The molecule has 1 aliphatic heterocycles. The predicted octanol–water partition coefficient (Wildman–Crippen LogP) is 5.92. The van der Waals surface area contributed by atoms with Crippen LogP contribution >= 0.6 is 0 Å². The second-order valence-corrected chi connectivity index (χ2v) is 11.6. The highest BCUT2D eigenvalue weighted by Gasteiger charge is 2.18. The quantitative estimate of drug-likeness (QED) is 0.230. The number of hydrogen-bond donors (Lipinski definition) is 1. The zero-order chi connectivity index (χ0) is 30.1. The van der Waals surface area contributed by atoms with E-state index < -0.39 is 0 Å². The number of phenols is 1. The summed E-state index contributed by atoms with van der Waals surface area (Å²) >= 11 is 0. The van der Waals surface area contributed by atoms with Crippen molar-refractivity contribution in [2.24, 2.45) is 7.05 Å². The van der Waals surface area contributed by atoms with Gasteiger partial charge in [-0.15, -0.1) is 0 Å². The standard InChI is InChI=1S/C35H37N5O3/c1-23-5-12-30(43-35-33-31(13-14-39(33)4)36-34(37-35)25-8-10-29(41)11-9-25)20-28(23)21-32(42)26-6-7-27(24(2)19-26)22-40-17-15-38(3)16-18-40/h5-14,19-20,41H,15-18,21-22H2,1-4H3. The number of phenolic OH excluding ortho intramolecular Hbond substituents is 1. The molecule has 0 spiro atoms. The lowest BCUT2D eigenvalue weighted by molar-refractivity contribution is 0.0992. The van der Waals surface area contributed by atoms with Crippen molar-refractivity contribution in [3.63, 3.8) is 0 Å². The molecule has 3 aromatic carbocycles. The van der Waals surface area contributed by atoms with E-state index in [2.05, 4.69) is 29.8 Å². The molecule has 8 nitrogen and oxygen atoms in total. The molecule has 1 aliphatic rings. The van der Waals surface area contributed by atoms with Crippen molar-refractivity contribution >= 4 is 16.8 Å². The highest BCUT2D eigenvalue weighted by atomic mass is 16.5. The predicted molar refractivity (Wildman–Crippen MR) is 169 cm³/mol. The second kappa shape index (κ2) is 12.0. The molecular weight excluding hydrogens is 538 g/mol. The topological polar surface area (TPSA) is 83.7 Å². The normalized spacial score (nSPS) is 14.3. The number of carbonyl (C=O) groups excluding carboxylic acids is 1. The zero-order valence-electron chi connectivity index (χ0n) is 25.2. The van der Waals surface area contributed by atoms with Crippen molar-refractivity contribution in [2.75, 3.05) is 33.2 Å². The number of carbonyl (C=O) groups is 1. The highest BCUT2D eigenvalue weighted by Crippen LogP contribution is 2.32. The number of ketones is 1. The van der Waals surface area contributed by atoms with Crippen LogP contribution in [-0.4, -0.2) is 68.5 Å². The van der Waals surface area contributed by atoms with Gasteiger partial charge in [0.2, 0.25) is 5.88 Å². The van der Waals surface area contributed by atoms with Crippen LogP contribution in [0.25, 0.3) is 22.4 Å². The number of hydrogen-bond acceptors (Lipinski definition) is 7. The van der Waals surface area contributed by atoms with Crippen LogP contribution in [0.1, 0.15) is 32.6 Å². The van der Waals surface area contributed by atoms with Crippen LogP contribution in [0.5, 0.6) is 17.4 Å². The van der Waals surface area contributed by atoms with Crippen molar-refractivity contribution in [3.8, 4) is 28.8 Å². The summed E-state index contributed by atoms with van der Waals surface area (Å²) in [5, 5.41) is 9.71. The number of Topliss-reactive ketones (excluding diaryl/α,β-unsaturated/α-hetero) is 1. The van der Waals surface area contributed by atoms with E-state index in [1.165, 1.54) is 5.56 Å². The lowest BCUT2D eigenvalue weighted by Crippen LogP contribution is -2.43. The average molecular weight is 576 g/mol. The molecule has 0 saturated carbocycles. The Morgan fingerprint density at radius 2 is 1.63 bits per heavy atom. The van der Waals surface area contributed by atoms with E-state index in [9.17, 15) is 9.90 Å². The summed E-state index contributed by atoms with van der Waals surface area (Å²) in [6, 6.07) is 20.6. The van der Waals surface area contributed by atoms with Crippen molar-refractivity contribution in [1.29, 1.82) is 0 Å². The Bertz CT molecular complexity index is 1790. The van der Waals surface area contributed by atoms with E-state index in [1.54, 1.807) is 24.3 Å². The first-order valence-corrected chi connectivity index (χ1v) is 14.7. The molecule has 0 amide bonds. The van der Waals surface area contributed by atoms with E-state index in [-0.39, 0.29) is 18.0 Å². The fraction of sp³-hybridized carbons (Fsp3) is 0.286. The monoisotopic (exact) mass is 575 g/mol. The van der Waals surface area contributed by atoms with Gasteiger partial charge < -0.3 is 19.3 Å². The molecule has 43 heavy (non-hydrogen) atoms. The van der Waals surface area contributed by atoms with Gasteiger partial charge in [0.1, 0.15) is 17.0 Å². The minimum Gasteiger partial charge on any atom is -0.508 e. The molecule has 5 aromatic rings. The third-order valence-electron chi connectivity index (χ3n) is 8.35. The van der Waals surface area contributed by atoms with Gasteiger partial charge >= 0.3 is 0 Å². The van der Waals surface area contributed by atoms with Crippen LogP contribution in [0.4, 0.5) is 0 Å². The maximum Gasteiger partial charge on any atom is 0.247 e. The van der Waals surface area contributed by atoms with E-state index >= 15 is 0 Å². The van der Waals surface area contributed by atoms with Crippen LogP contribution in [0.2, 0.25) is 0 Å². The molecule has 0 atom stereocenters. The summed E-state index contributed by atoms with van der Waals surface area (Å²) in [6.45, 7) is 9.34. The van der Waals surface area contributed by atoms with Crippen molar-refractivity contribution in [2.45, 2.75) is 26.8 Å². The molecule has 0 radical (unpaired) electrons. The molecule has 2 aromatic heterocycles. The Hall–Kier alpha value is -4.53.